The lowest BCUT2D eigenvalue weighted by Gasteiger charge is -2.20. The summed E-state index contributed by atoms with van der Waals surface area (Å²) in [5, 5.41) is 9.16. The van der Waals surface area contributed by atoms with E-state index in [2.05, 4.69) is 35.2 Å². The second kappa shape index (κ2) is 4.61. The predicted molar refractivity (Wildman–Crippen MR) is 66.9 cm³/mol. The summed E-state index contributed by atoms with van der Waals surface area (Å²) in [5.74, 6) is 0. The van der Waals surface area contributed by atoms with Crippen LogP contribution in [0.25, 0.3) is 0 Å². The van der Waals surface area contributed by atoms with E-state index in [4.69, 9.17) is 5.26 Å². The SMILES string of the molecule is C=CCC(C)(C#N)c1cccc(I)c1. The van der Waals surface area contributed by atoms with E-state index in [1.807, 2.05) is 31.2 Å². The number of hydrogen-bond donors (Lipinski definition) is 0. The first-order valence-corrected chi connectivity index (χ1v) is 5.48. The maximum absolute atomic E-state index is 9.16. The average molecular weight is 297 g/mol. The molecule has 0 aromatic heterocycles. The largest absolute Gasteiger partial charge is 0.197 e. The van der Waals surface area contributed by atoms with E-state index in [0.29, 0.717) is 6.42 Å². The predicted octanol–water partition coefficient (Wildman–Crippen LogP) is 3.65. The molecule has 1 nitrogen and oxygen atoms in total. The molecule has 0 fully saturated rings. The van der Waals surface area contributed by atoms with E-state index >= 15 is 0 Å². The van der Waals surface area contributed by atoms with Crippen LogP contribution in [0.4, 0.5) is 0 Å². The number of rotatable bonds is 3. The lowest BCUT2D eigenvalue weighted by molar-refractivity contribution is 0.621. The molecule has 14 heavy (non-hydrogen) atoms. The van der Waals surface area contributed by atoms with Crippen molar-refractivity contribution in [2.24, 2.45) is 0 Å². The highest BCUT2D eigenvalue weighted by molar-refractivity contribution is 14.1. The average Bonchev–Trinajstić information content (AvgIpc) is 2.18. The molecule has 0 heterocycles. The first-order chi connectivity index (χ1) is 6.62. The zero-order chi connectivity index (χ0) is 10.6. The third-order valence-corrected chi connectivity index (χ3v) is 2.93. The van der Waals surface area contributed by atoms with Crippen LogP contribution in [0.15, 0.2) is 36.9 Å². The molecule has 0 saturated carbocycles. The second-order valence-corrected chi connectivity index (χ2v) is 4.69. The molecule has 0 N–H and O–H groups in total. The number of halogens is 1. The molecule has 0 spiro atoms. The van der Waals surface area contributed by atoms with Crippen LogP contribution < -0.4 is 0 Å². The lowest BCUT2D eigenvalue weighted by atomic mass is 9.81. The van der Waals surface area contributed by atoms with Crippen molar-refractivity contribution in [3.8, 4) is 6.07 Å². The highest BCUT2D eigenvalue weighted by atomic mass is 127. The minimum Gasteiger partial charge on any atom is -0.197 e. The van der Waals surface area contributed by atoms with Crippen molar-refractivity contribution < 1.29 is 0 Å². The minimum absolute atomic E-state index is 0.442. The quantitative estimate of drug-likeness (QED) is 0.617. The number of benzene rings is 1. The van der Waals surface area contributed by atoms with Gasteiger partial charge in [0.05, 0.1) is 11.5 Å². The van der Waals surface area contributed by atoms with Gasteiger partial charge < -0.3 is 0 Å². The zero-order valence-electron chi connectivity index (χ0n) is 8.13. The minimum atomic E-state index is -0.442. The Morgan fingerprint density at radius 1 is 1.64 bits per heavy atom. The summed E-state index contributed by atoms with van der Waals surface area (Å²) in [6.45, 7) is 5.63. The molecule has 0 aliphatic rings. The third-order valence-electron chi connectivity index (χ3n) is 2.26. The van der Waals surface area contributed by atoms with E-state index in [-0.39, 0.29) is 0 Å². The maximum atomic E-state index is 9.16. The van der Waals surface area contributed by atoms with Crippen molar-refractivity contribution in [1.82, 2.24) is 0 Å². The van der Waals surface area contributed by atoms with Crippen molar-refractivity contribution >= 4 is 22.6 Å². The summed E-state index contributed by atoms with van der Waals surface area (Å²) >= 11 is 2.25. The van der Waals surface area contributed by atoms with Crippen LogP contribution in [0.5, 0.6) is 0 Å². The van der Waals surface area contributed by atoms with Gasteiger partial charge in [-0.2, -0.15) is 5.26 Å². The number of allylic oxidation sites excluding steroid dienone is 1. The van der Waals surface area contributed by atoms with Gasteiger partial charge in [-0.1, -0.05) is 18.2 Å². The summed E-state index contributed by atoms with van der Waals surface area (Å²) in [6.07, 6.45) is 2.48. The highest BCUT2D eigenvalue weighted by Crippen LogP contribution is 2.28. The van der Waals surface area contributed by atoms with Crippen molar-refractivity contribution in [2.75, 3.05) is 0 Å². The van der Waals surface area contributed by atoms with Crippen molar-refractivity contribution in [3.63, 3.8) is 0 Å². The topological polar surface area (TPSA) is 23.8 Å². The molecule has 1 rings (SSSR count). The van der Waals surface area contributed by atoms with Gasteiger partial charge in [-0.05, 0) is 53.6 Å². The Kier molecular flexibility index (Phi) is 3.70. The van der Waals surface area contributed by atoms with Gasteiger partial charge in [0.15, 0.2) is 0 Å². The molecule has 0 amide bonds. The fourth-order valence-electron chi connectivity index (χ4n) is 1.35. The summed E-state index contributed by atoms with van der Waals surface area (Å²) < 4.78 is 1.16. The molecule has 0 aliphatic heterocycles. The van der Waals surface area contributed by atoms with E-state index in [1.54, 1.807) is 6.08 Å². The van der Waals surface area contributed by atoms with Crippen LogP contribution in [0.1, 0.15) is 18.9 Å². The molecule has 0 saturated heterocycles. The number of hydrogen-bond acceptors (Lipinski definition) is 1. The molecule has 2 heteroatoms. The Balaban J connectivity index is 3.13. The third kappa shape index (κ3) is 2.36. The Morgan fingerprint density at radius 3 is 2.86 bits per heavy atom. The van der Waals surface area contributed by atoms with E-state index in [1.165, 1.54) is 0 Å². The lowest BCUT2D eigenvalue weighted by Crippen LogP contribution is -2.18. The first-order valence-electron chi connectivity index (χ1n) is 4.40. The molecule has 0 bridgehead atoms. The molecule has 1 atom stereocenters. The van der Waals surface area contributed by atoms with Crippen molar-refractivity contribution in [2.45, 2.75) is 18.8 Å². The molecule has 1 aromatic rings. The summed E-state index contributed by atoms with van der Waals surface area (Å²) in [6, 6.07) is 10.4. The van der Waals surface area contributed by atoms with Gasteiger partial charge in [0.1, 0.15) is 0 Å². The monoisotopic (exact) mass is 297 g/mol. The normalized spacial score (nSPS) is 14.1. The van der Waals surface area contributed by atoms with Crippen molar-refractivity contribution in [3.05, 3.63) is 46.1 Å². The number of nitriles is 1. The molecular weight excluding hydrogens is 285 g/mol. The van der Waals surface area contributed by atoms with E-state index in [0.717, 1.165) is 9.13 Å². The fraction of sp³-hybridized carbons (Fsp3) is 0.250. The van der Waals surface area contributed by atoms with Crippen LogP contribution in [0, 0.1) is 14.9 Å². The first kappa shape index (κ1) is 11.3. The Bertz CT molecular complexity index is 378. The fourth-order valence-corrected chi connectivity index (χ4v) is 1.89. The van der Waals surface area contributed by atoms with E-state index < -0.39 is 5.41 Å². The molecule has 1 aromatic carbocycles. The maximum Gasteiger partial charge on any atom is 0.0828 e. The van der Waals surface area contributed by atoms with Crippen molar-refractivity contribution in [1.29, 1.82) is 5.26 Å². The summed E-state index contributed by atoms with van der Waals surface area (Å²) in [4.78, 5) is 0. The van der Waals surface area contributed by atoms with Gasteiger partial charge in [0.2, 0.25) is 0 Å². The van der Waals surface area contributed by atoms with Gasteiger partial charge in [-0.25, -0.2) is 0 Å². The van der Waals surface area contributed by atoms with Crippen LogP contribution in [0.3, 0.4) is 0 Å². The smallest absolute Gasteiger partial charge is 0.0828 e. The van der Waals surface area contributed by atoms with Crippen LogP contribution in [0.2, 0.25) is 0 Å². The van der Waals surface area contributed by atoms with E-state index in [9.17, 15) is 0 Å². The van der Waals surface area contributed by atoms with Crippen LogP contribution in [-0.2, 0) is 5.41 Å². The number of nitrogens with zero attached hydrogens (tertiary/aromatic N) is 1. The molecular formula is C12H12IN. The Labute approximate surface area is 98.6 Å². The second-order valence-electron chi connectivity index (χ2n) is 3.45. The van der Waals surface area contributed by atoms with Gasteiger partial charge in [-0.3, -0.25) is 0 Å². The van der Waals surface area contributed by atoms with Crippen LogP contribution in [-0.4, -0.2) is 0 Å². The Morgan fingerprint density at radius 2 is 2.36 bits per heavy atom. The van der Waals surface area contributed by atoms with Gasteiger partial charge in [0, 0.05) is 3.57 Å². The zero-order valence-corrected chi connectivity index (χ0v) is 10.3. The molecule has 72 valence electrons. The molecule has 0 aliphatic carbocycles. The molecule has 1 unspecified atom stereocenters. The summed E-state index contributed by atoms with van der Waals surface area (Å²) in [5.41, 5.74) is 0.620. The van der Waals surface area contributed by atoms with Gasteiger partial charge in [0.25, 0.3) is 0 Å². The van der Waals surface area contributed by atoms with Gasteiger partial charge in [-0.15, -0.1) is 6.58 Å². The van der Waals surface area contributed by atoms with Gasteiger partial charge >= 0.3 is 0 Å². The standard InChI is InChI=1S/C12H12IN/c1-3-7-12(2,9-14)10-5-4-6-11(13)8-10/h3-6,8H,1,7H2,2H3. The molecule has 0 radical (unpaired) electrons. The van der Waals surface area contributed by atoms with Crippen LogP contribution >= 0.6 is 22.6 Å². The Hall–Kier alpha value is -0.820. The highest BCUT2D eigenvalue weighted by Gasteiger charge is 2.24. The summed E-state index contributed by atoms with van der Waals surface area (Å²) in [7, 11) is 0.